The number of alkyl halides is 2. The molecule has 9 heteroatoms. The highest BCUT2D eigenvalue weighted by Gasteiger charge is 2.19. The normalized spacial score (nSPS) is 10.4. The van der Waals surface area contributed by atoms with Crippen LogP contribution in [0.25, 0.3) is 0 Å². The van der Waals surface area contributed by atoms with Gasteiger partial charge >= 0.3 is 6.61 Å². The highest BCUT2D eigenvalue weighted by atomic mass is 35.5. The van der Waals surface area contributed by atoms with E-state index in [0.29, 0.717) is 10.7 Å². The zero-order valence-corrected chi connectivity index (χ0v) is 15.3. The van der Waals surface area contributed by atoms with Crippen molar-refractivity contribution in [2.24, 2.45) is 0 Å². The molecule has 0 aliphatic carbocycles. The fourth-order valence-electron chi connectivity index (χ4n) is 2.25. The van der Waals surface area contributed by atoms with Crippen LogP contribution in [0.15, 0.2) is 42.5 Å². The first-order chi connectivity index (χ1) is 12.8. The van der Waals surface area contributed by atoms with Gasteiger partial charge in [-0.05, 0) is 30.3 Å². The summed E-state index contributed by atoms with van der Waals surface area (Å²) >= 11 is 5.97. The minimum atomic E-state index is -3.02. The number of carbonyl (C=O) groups excluding carboxylic acids is 2. The maximum atomic E-state index is 12.5. The van der Waals surface area contributed by atoms with Crippen LogP contribution in [-0.4, -0.2) is 44.0 Å². The van der Waals surface area contributed by atoms with Crippen molar-refractivity contribution in [3.05, 3.63) is 53.1 Å². The Morgan fingerprint density at radius 1 is 1.19 bits per heavy atom. The standard InChI is InChI=1S/C18H17ClF2N2O4/c1-23(10-16(24)22-13-6-4-3-5-12(13)19)17(25)11-7-8-14(27-18(20)21)15(9-11)26-2/h3-9,18H,10H2,1-2H3,(H,22,24). The van der Waals surface area contributed by atoms with Gasteiger partial charge in [0, 0.05) is 12.6 Å². The van der Waals surface area contributed by atoms with Crippen LogP contribution in [0.4, 0.5) is 14.5 Å². The van der Waals surface area contributed by atoms with E-state index in [-0.39, 0.29) is 23.6 Å². The van der Waals surface area contributed by atoms with Crippen LogP contribution in [0.5, 0.6) is 11.5 Å². The Morgan fingerprint density at radius 2 is 1.89 bits per heavy atom. The third-order valence-corrected chi connectivity index (χ3v) is 3.83. The average Bonchev–Trinajstić information content (AvgIpc) is 2.62. The number of ether oxygens (including phenoxy) is 2. The number of hydrogen-bond donors (Lipinski definition) is 1. The van der Waals surface area contributed by atoms with Crippen molar-refractivity contribution in [2.45, 2.75) is 6.61 Å². The van der Waals surface area contributed by atoms with Crippen molar-refractivity contribution in [2.75, 3.05) is 26.0 Å². The summed E-state index contributed by atoms with van der Waals surface area (Å²) in [6.07, 6.45) is 0. The lowest BCUT2D eigenvalue weighted by molar-refractivity contribution is -0.116. The Labute approximate surface area is 159 Å². The Bertz CT molecular complexity index is 833. The van der Waals surface area contributed by atoms with E-state index in [2.05, 4.69) is 10.1 Å². The SMILES string of the molecule is COc1cc(C(=O)N(C)CC(=O)Nc2ccccc2Cl)ccc1OC(F)F. The zero-order valence-electron chi connectivity index (χ0n) is 14.5. The van der Waals surface area contributed by atoms with E-state index >= 15 is 0 Å². The number of hydrogen-bond acceptors (Lipinski definition) is 4. The van der Waals surface area contributed by atoms with Crippen molar-refractivity contribution in [1.29, 1.82) is 0 Å². The number of nitrogens with zero attached hydrogens (tertiary/aromatic N) is 1. The summed E-state index contributed by atoms with van der Waals surface area (Å²) in [5.74, 6) is -1.15. The van der Waals surface area contributed by atoms with Gasteiger partial charge in [-0.1, -0.05) is 23.7 Å². The van der Waals surface area contributed by atoms with Crippen molar-refractivity contribution in [1.82, 2.24) is 4.90 Å². The first-order valence-corrected chi connectivity index (χ1v) is 8.12. The Hall–Kier alpha value is -2.87. The van der Waals surface area contributed by atoms with Gasteiger partial charge in [-0.25, -0.2) is 0 Å². The molecule has 0 heterocycles. The number of nitrogens with one attached hydrogen (secondary N) is 1. The van der Waals surface area contributed by atoms with E-state index < -0.39 is 18.4 Å². The number of benzene rings is 2. The second kappa shape index (κ2) is 9.18. The predicted molar refractivity (Wildman–Crippen MR) is 96.7 cm³/mol. The van der Waals surface area contributed by atoms with Gasteiger partial charge in [-0.2, -0.15) is 8.78 Å². The van der Waals surface area contributed by atoms with Crippen LogP contribution >= 0.6 is 11.6 Å². The molecule has 2 aromatic carbocycles. The van der Waals surface area contributed by atoms with Crippen LogP contribution in [0.1, 0.15) is 10.4 Å². The van der Waals surface area contributed by atoms with Crippen LogP contribution in [0, 0.1) is 0 Å². The molecule has 0 aliphatic rings. The Kier molecular flexibility index (Phi) is 6.95. The number of methoxy groups -OCH3 is 1. The average molecular weight is 399 g/mol. The fourth-order valence-corrected chi connectivity index (χ4v) is 2.44. The molecule has 0 fully saturated rings. The number of likely N-dealkylation sites (N-methyl/N-ethyl adjacent to an activating group) is 1. The summed E-state index contributed by atoms with van der Waals surface area (Å²) in [7, 11) is 2.70. The molecule has 0 radical (unpaired) electrons. The second-order valence-corrected chi connectivity index (χ2v) is 5.84. The molecule has 0 aliphatic heterocycles. The third-order valence-electron chi connectivity index (χ3n) is 3.50. The molecule has 144 valence electrons. The molecular formula is C18H17ClF2N2O4. The van der Waals surface area contributed by atoms with Crippen molar-refractivity contribution < 1.29 is 27.8 Å². The number of rotatable bonds is 7. The first-order valence-electron chi connectivity index (χ1n) is 7.74. The Morgan fingerprint density at radius 3 is 2.52 bits per heavy atom. The summed E-state index contributed by atoms with van der Waals surface area (Å²) in [4.78, 5) is 25.8. The monoisotopic (exact) mass is 398 g/mol. The summed E-state index contributed by atoms with van der Waals surface area (Å²) in [5, 5.41) is 2.98. The molecule has 0 bridgehead atoms. The summed E-state index contributed by atoms with van der Waals surface area (Å²) in [6.45, 7) is -3.25. The maximum Gasteiger partial charge on any atom is 0.387 e. The lowest BCUT2D eigenvalue weighted by Crippen LogP contribution is -2.35. The molecule has 0 unspecified atom stereocenters. The third kappa shape index (κ3) is 5.55. The number of carbonyl (C=O) groups is 2. The zero-order chi connectivity index (χ0) is 20.0. The summed E-state index contributed by atoms with van der Waals surface area (Å²) < 4.78 is 34.0. The van der Waals surface area contributed by atoms with Crippen LogP contribution in [0.2, 0.25) is 5.02 Å². The molecule has 0 spiro atoms. The molecule has 2 rings (SSSR count). The lowest BCUT2D eigenvalue weighted by Gasteiger charge is -2.18. The van der Waals surface area contributed by atoms with E-state index in [1.807, 2.05) is 0 Å². The van der Waals surface area contributed by atoms with Gasteiger partial charge in [-0.15, -0.1) is 0 Å². The van der Waals surface area contributed by atoms with E-state index in [1.165, 1.54) is 37.3 Å². The van der Waals surface area contributed by atoms with Crippen molar-refractivity contribution in [3.63, 3.8) is 0 Å². The second-order valence-electron chi connectivity index (χ2n) is 5.43. The summed E-state index contributed by atoms with van der Waals surface area (Å²) in [5.41, 5.74) is 0.585. The van der Waals surface area contributed by atoms with E-state index in [4.69, 9.17) is 16.3 Å². The van der Waals surface area contributed by atoms with E-state index in [1.54, 1.807) is 24.3 Å². The van der Waals surface area contributed by atoms with Gasteiger partial charge in [0.15, 0.2) is 11.5 Å². The van der Waals surface area contributed by atoms with Gasteiger partial charge in [0.25, 0.3) is 5.91 Å². The molecule has 0 atom stereocenters. The number of amides is 2. The molecular weight excluding hydrogens is 382 g/mol. The van der Waals surface area contributed by atoms with E-state index in [0.717, 1.165) is 0 Å². The minimum absolute atomic E-state index is 0.0185. The molecule has 0 saturated carbocycles. The number of halogens is 3. The van der Waals surface area contributed by atoms with Crippen LogP contribution in [-0.2, 0) is 4.79 Å². The highest BCUT2D eigenvalue weighted by Crippen LogP contribution is 2.29. The summed E-state index contributed by atoms with van der Waals surface area (Å²) in [6, 6.07) is 10.5. The smallest absolute Gasteiger partial charge is 0.387 e. The van der Waals surface area contributed by atoms with Gasteiger partial charge in [-0.3, -0.25) is 9.59 Å². The van der Waals surface area contributed by atoms with Gasteiger partial charge in [0.05, 0.1) is 24.4 Å². The highest BCUT2D eigenvalue weighted by molar-refractivity contribution is 6.33. The molecule has 27 heavy (non-hydrogen) atoms. The molecule has 2 amide bonds. The van der Waals surface area contributed by atoms with Gasteiger partial charge < -0.3 is 19.7 Å². The lowest BCUT2D eigenvalue weighted by atomic mass is 10.1. The quantitative estimate of drug-likeness (QED) is 0.772. The molecule has 0 saturated heterocycles. The number of anilines is 1. The van der Waals surface area contributed by atoms with Gasteiger partial charge in [0.2, 0.25) is 5.91 Å². The van der Waals surface area contributed by atoms with Crippen molar-refractivity contribution >= 4 is 29.1 Å². The topological polar surface area (TPSA) is 67.9 Å². The molecule has 1 N–H and O–H groups in total. The van der Waals surface area contributed by atoms with E-state index in [9.17, 15) is 18.4 Å². The minimum Gasteiger partial charge on any atom is -0.493 e. The largest absolute Gasteiger partial charge is 0.493 e. The predicted octanol–water partition coefficient (Wildman–Crippen LogP) is 3.66. The van der Waals surface area contributed by atoms with Gasteiger partial charge in [0.1, 0.15) is 0 Å². The van der Waals surface area contributed by atoms with Crippen LogP contribution in [0.3, 0.4) is 0 Å². The van der Waals surface area contributed by atoms with Crippen molar-refractivity contribution in [3.8, 4) is 11.5 Å². The van der Waals surface area contributed by atoms with Crippen LogP contribution < -0.4 is 14.8 Å². The number of para-hydroxylation sites is 1. The fraction of sp³-hybridized carbons (Fsp3) is 0.222. The first kappa shape index (κ1) is 20.4. The Balaban J connectivity index is 2.06. The molecule has 6 nitrogen and oxygen atoms in total. The molecule has 0 aromatic heterocycles. The molecule has 2 aromatic rings. The maximum absolute atomic E-state index is 12.5.